The molecule has 2 N–H and O–H groups in total. The lowest BCUT2D eigenvalue weighted by molar-refractivity contribution is -0.117. The third kappa shape index (κ3) is 7.28. The van der Waals surface area contributed by atoms with E-state index in [0.717, 1.165) is 5.56 Å². The van der Waals surface area contributed by atoms with E-state index in [9.17, 15) is 14.9 Å². The summed E-state index contributed by atoms with van der Waals surface area (Å²) in [5.41, 5.74) is 4.52. The number of nitriles is 1. The van der Waals surface area contributed by atoms with Gasteiger partial charge in [0.15, 0.2) is 5.69 Å². The summed E-state index contributed by atoms with van der Waals surface area (Å²) in [4.78, 5) is 24.8. The first-order valence-corrected chi connectivity index (χ1v) is 13.6. The standard InChI is InChI=1S/C31H24ClN9O3/c1-44-31(43)35-24-11-7-21(8-12-24)25-17-27(37-38-28(25)18-33)26(15-20-5-3-2-4-6-20)36-30(42)14-9-22-16-23(32)10-13-29(22)41-19-34-39-40-41/h2-14,16-17,19,26H,15H2,1H3,(H,35,43)(H,36,42)/b14-9+/t26-/m0/s1. The van der Waals surface area contributed by atoms with Gasteiger partial charge in [0.25, 0.3) is 0 Å². The molecular formula is C31H24ClN9O3. The van der Waals surface area contributed by atoms with Gasteiger partial charge in [-0.25, -0.2) is 4.79 Å². The van der Waals surface area contributed by atoms with Crippen molar-refractivity contribution >= 4 is 35.4 Å². The minimum absolute atomic E-state index is 0.114. The first kappa shape index (κ1) is 29.6. The van der Waals surface area contributed by atoms with E-state index >= 15 is 0 Å². The number of methoxy groups -OCH3 is 1. The van der Waals surface area contributed by atoms with Crippen molar-refractivity contribution in [1.29, 1.82) is 5.26 Å². The Kier molecular flexibility index (Phi) is 9.29. The van der Waals surface area contributed by atoms with Gasteiger partial charge >= 0.3 is 6.09 Å². The van der Waals surface area contributed by atoms with Gasteiger partial charge in [-0.2, -0.15) is 15.0 Å². The second-order valence-corrected chi connectivity index (χ2v) is 9.82. The predicted molar refractivity (Wildman–Crippen MR) is 162 cm³/mol. The van der Waals surface area contributed by atoms with Crippen LogP contribution in [0.4, 0.5) is 10.5 Å². The Balaban J connectivity index is 1.44. The average Bonchev–Trinajstić information content (AvgIpc) is 3.59. The van der Waals surface area contributed by atoms with Gasteiger partial charge in [-0.15, -0.1) is 10.2 Å². The van der Waals surface area contributed by atoms with Crippen LogP contribution in [0.1, 0.15) is 28.6 Å². The van der Waals surface area contributed by atoms with Gasteiger partial charge in [-0.1, -0.05) is 54.1 Å². The maximum absolute atomic E-state index is 13.3. The summed E-state index contributed by atoms with van der Waals surface area (Å²) in [7, 11) is 1.28. The van der Waals surface area contributed by atoms with E-state index in [1.54, 1.807) is 54.6 Å². The monoisotopic (exact) mass is 605 g/mol. The molecule has 1 atom stereocenters. The molecule has 0 saturated carbocycles. The fourth-order valence-electron chi connectivity index (χ4n) is 4.39. The zero-order valence-corrected chi connectivity index (χ0v) is 24.0. The van der Waals surface area contributed by atoms with Crippen LogP contribution in [0.25, 0.3) is 22.9 Å². The predicted octanol–water partition coefficient (Wildman–Crippen LogP) is 4.94. The van der Waals surface area contributed by atoms with E-state index in [4.69, 9.17) is 11.6 Å². The van der Waals surface area contributed by atoms with Crippen LogP contribution in [0.5, 0.6) is 0 Å². The smallest absolute Gasteiger partial charge is 0.411 e. The van der Waals surface area contributed by atoms with Gasteiger partial charge in [0.05, 0.1) is 24.5 Å². The van der Waals surface area contributed by atoms with Crippen LogP contribution in [-0.2, 0) is 16.0 Å². The van der Waals surface area contributed by atoms with Crippen molar-refractivity contribution in [3.8, 4) is 22.9 Å². The van der Waals surface area contributed by atoms with Crippen molar-refractivity contribution < 1.29 is 14.3 Å². The number of amides is 2. The molecule has 3 aromatic carbocycles. The number of carbonyl (C=O) groups is 2. The SMILES string of the molecule is COC(=O)Nc1ccc(-c2cc([C@H](Cc3ccccc3)NC(=O)/C=C/c3cc(Cl)ccc3-n3cnnn3)nnc2C#N)cc1. The zero-order valence-electron chi connectivity index (χ0n) is 23.3. The molecule has 13 heteroatoms. The summed E-state index contributed by atoms with van der Waals surface area (Å²) < 4.78 is 6.10. The van der Waals surface area contributed by atoms with Crippen molar-refractivity contribution in [1.82, 2.24) is 35.7 Å². The maximum Gasteiger partial charge on any atom is 0.411 e. The number of hydrogen-bond donors (Lipinski definition) is 2. The molecule has 44 heavy (non-hydrogen) atoms. The number of aromatic nitrogens is 6. The number of nitrogens with zero attached hydrogens (tertiary/aromatic N) is 7. The molecular weight excluding hydrogens is 582 g/mol. The third-order valence-electron chi connectivity index (χ3n) is 6.50. The van der Waals surface area contributed by atoms with Gasteiger partial charge in [0.1, 0.15) is 12.4 Å². The average molecular weight is 606 g/mol. The lowest BCUT2D eigenvalue weighted by Gasteiger charge is -2.18. The van der Waals surface area contributed by atoms with E-state index < -0.39 is 12.1 Å². The number of nitrogens with one attached hydrogen (secondary N) is 2. The summed E-state index contributed by atoms with van der Waals surface area (Å²) in [5.74, 6) is -0.389. The molecule has 2 aromatic heterocycles. The summed E-state index contributed by atoms with van der Waals surface area (Å²) in [6, 6.07) is 24.9. The Morgan fingerprint density at radius 1 is 1.07 bits per heavy atom. The molecule has 2 amide bonds. The first-order chi connectivity index (χ1) is 21.4. The van der Waals surface area contributed by atoms with Gasteiger partial charge in [-0.3, -0.25) is 10.1 Å². The molecule has 0 saturated heterocycles. The van der Waals surface area contributed by atoms with Crippen LogP contribution in [-0.4, -0.2) is 49.5 Å². The first-order valence-electron chi connectivity index (χ1n) is 13.2. The Morgan fingerprint density at radius 2 is 1.86 bits per heavy atom. The Morgan fingerprint density at radius 3 is 2.57 bits per heavy atom. The summed E-state index contributed by atoms with van der Waals surface area (Å²) in [5, 5.41) is 35.6. The third-order valence-corrected chi connectivity index (χ3v) is 6.74. The molecule has 12 nitrogen and oxygen atoms in total. The largest absolute Gasteiger partial charge is 0.453 e. The molecule has 0 radical (unpaired) electrons. The Hall–Kier alpha value is -5.93. The van der Waals surface area contributed by atoms with Crippen LogP contribution < -0.4 is 10.6 Å². The summed E-state index contributed by atoms with van der Waals surface area (Å²) in [6.45, 7) is 0. The Bertz CT molecular complexity index is 1840. The molecule has 5 aromatic rings. The molecule has 2 heterocycles. The molecule has 0 unspecified atom stereocenters. The van der Waals surface area contributed by atoms with Crippen molar-refractivity contribution in [2.45, 2.75) is 12.5 Å². The fraction of sp³-hybridized carbons (Fsp3) is 0.0968. The van der Waals surface area contributed by atoms with Gasteiger partial charge in [0.2, 0.25) is 5.91 Å². The van der Waals surface area contributed by atoms with Crippen LogP contribution in [0.2, 0.25) is 5.02 Å². The number of anilines is 1. The topological polar surface area (TPSA) is 161 Å². The van der Waals surface area contributed by atoms with Crippen LogP contribution in [0.3, 0.4) is 0 Å². The lowest BCUT2D eigenvalue weighted by Crippen LogP contribution is -2.29. The number of halogens is 1. The number of ether oxygens (including phenoxy) is 1. The number of hydrogen-bond acceptors (Lipinski definition) is 9. The second-order valence-electron chi connectivity index (χ2n) is 9.38. The van der Waals surface area contributed by atoms with E-state index in [1.165, 1.54) is 24.2 Å². The minimum atomic E-state index is -0.598. The maximum atomic E-state index is 13.3. The van der Waals surface area contributed by atoms with Crippen LogP contribution in [0, 0.1) is 11.3 Å². The number of carbonyl (C=O) groups excluding carboxylic acids is 2. The van der Waals surface area contributed by atoms with Gasteiger partial charge < -0.3 is 10.1 Å². The molecule has 0 aliphatic rings. The van der Waals surface area contributed by atoms with Crippen molar-refractivity contribution in [2.75, 3.05) is 12.4 Å². The van der Waals surface area contributed by atoms with Crippen molar-refractivity contribution in [3.63, 3.8) is 0 Å². The zero-order chi connectivity index (χ0) is 30.9. The van der Waals surface area contributed by atoms with E-state index in [2.05, 4.69) is 47.2 Å². The number of rotatable bonds is 9. The molecule has 0 fully saturated rings. The van der Waals surface area contributed by atoms with Crippen LogP contribution in [0.15, 0.2) is 91.3 Å². The summed E-state index contributed by atoms with van der Waals surface area (Å²) in [6.07, 6.45) is 4.27. The quantitative estimate of drug-likeness (QED) is 0.222. The Labute approximate surface area is 257 Å². The van der Waals surface area contributed by atoms with Gasteiger partial charge in [-0.05, 0) is 70.4 Å². The fourth-order valence-corrected chi connectivity index (χ4v) is 4.57. The second kappa shape index (κ2) is 13.8. The van der Waals surface area contributed by atoms with Crippen LogP contribution >= 0.6 is 11.6 Å². The normalized spacial score (nSPS) is 11.5. The van der Waals surface area contributed by atoms with Crippen molar-refractivity contribution in [2.24, 2.45) is 0 Å². The highest BCUT2D eigenvalue weighted by Crippen LogP contribution is 2.27. The number of benzene rings is 3. The molecule has 0 aliphatic carbocycles. The van der Waals surface area contributed by atoms with E-state index in [1.807, 2.05) is 30.3 Å². The van der Waals surface area contributed by atoms with Crippen molar-refractivity contribution in [3.05, 3.63) is 119 Å². The molecule has 0 aliphatic heterocycles. The van der Waals surface area contributed by atoms with E-state index in [-0.39, 0.29) is 11.6 Å². The highest BCUT2D eigenvalue weighted by Gasteiger charge is 2.20. The van der Waals surface area contributed by atoms with Gasteiger partial charge in [0, 0.05) is 27.9 Å². The van der Waals surface area contributed by atoms with E-state index in [0.29, 0.717) is 45.2 Å². The molecule has 0 spiro atoms. The number of tetrazole rings is 1. The molecule has 5 rings (SSSR count). The highest BCUT2D eigenvalue weighted by molar-refractivity contribution is 6.30. The molecule has 0 bridgehead atoms. The molecule has 218 valence electrons. The minimum Gasteiger partial charge on any atom is -0.453 e. The lowest BCUT2D eigenvalue weighted by atomic mass is 9.98. The summed E-state index contributed by atoms with van der Waals surface area (Å²) >= 11 is 6.22. The highest BCUT2D eigenvalue weighted by atomic mass is 35.5.